The lowest BCUT2D eigenvalue weighted by Gasteiger charge is -2.37. The number of likely N-dealkylation sites (tertiary alicyclic amines) is 2. The summed E-state index contributed by atoms with van der Waals surface area (Å²) in [5, 5.41) is 1.01. The number of fused-ring (bicyclic) bond motifs is 1. The first-order chi connectivity index (χ1) is 12.1. The van der Waals surface area contributed by atoms with E-state index in [2.05, 4.69) is 11.1 Å². The van der Waals surface area contributed by atoms with Gasteiger partial charge in [0.05, 0.1) is 20.6 Å². The minimum Gasteiger partial charge on any atom is -0.345 e. The third-order valence-corrected chi connectivity index (χ3v) is 6.64. The first-order valence-corrected chi connectivity index (χ1v) is 9.77. The highest BCUT2D eigenvalue weighted by molar-refractivity contribution is 7.18. The SMILES string of the molecule is CN1CCCC2(CCN(C(=O)CCc3nc4ccccc4s3)C2)C1=O. The van der Waals surface area contributed by atoms with E-state index in [1.807, 2.05) is 35.0 Å². The van der Waals surface area contributed by atoms with E-state index in [9.17, 15) is 9.59 Å². The van der Waals surface area contributed by atoms with Gasteiger partial charge in [0.25, 0.3) is 0 Å². The lowest BCUT2D eigenvalue weighted by Crippen LogP contribution is -2.48. The van der Waals surface area contributed by atoms with Crippen LogP contribution in [0.2, 0.25) is 0 Å². The summed E-state index contributed by atoms with van der Waals surface area (Å²) >= 11 is 1.66. The number of benzene rings is 1. The molecule has 6 heteroatoms. The summed E-state index contributed by atoms with van der Waals surface area (Å²) in [7, 11) is 1.88. The van der Waals surface area contributed by atoms with Gasteiger partial charge < -0.3 is 9.80 Å². The van der Waals surface area contributed by atoms with Crippen LogP contribution in [0.15, 0.2) is 24.3 Å². The van der Waals surface area contributed by atoms with Crippen molar-refractivity contribution in [3.63, 3.8) is 0 Å². The molecule has 2 fully saturated rings. The summed E-state index contributed by atoms with van der Waals surface area (Å²) in [6, 6.07) is 8.07. The molecule has 25 heavy (non-hydrogen) atoms. The molecule has 2 aliphatic heterocycles. The number of thiazole rings is 1. The Labute approximate surface area is 151 Å². The van der Waals surface area contributed by atoms with Crippen molar-refractivity contribution >= 4 is 33.4 Å². The van der Waals surface area contributed by atoms with Crippen molar-refractivity contribution in [3.05, 3.63) is 29.3 Å². The van der Waals surface area contributed by atoms with Gasteiger partial charge >= 0.3 is 0 Å². The molecule has 132 valence electrons. The maximum absolute atomic E-state index is 12.6. The second kappa shape index (κ2) is 6.41. The number of para-hydroxylation sites is 1. The lowest BCUT2D eigenvalue weighted by atomic mass is 9.78. The second-order valence-corrected chi connectivity index (χ2v) is 8.37. The molecule has 1 aromatic heterocycles. The monoisotopic (exact) mass is 357 g/mol. The quantitative estimate of drug-likeness (QED) is 0.849. The largest absolute Gasteiger partial charge is 0.345 e. The van der Waals surface area contributed by atoms with Crippen molar-refractivity contribution in [2.45, 2.75) is 32.1 Å². The van der Waals surface area contributed by atoms with Gasteiger partial charge in [-0.15, -0.1) is 11.3 Å². The van der Waals surface area contributed by atoms with Crippen molar-refractivity contribution in [2.24, 2.45) is 5.41 Å². The van der Waals surface area contributed by atoms with Crippen LogP contribution in [-0.2, 0) is 16.0 Å². The molecular formula is C19H23N3O2S. The molecule has 1 spiro atoms. The van der Waals surface area contributed by atoms with Crippen LogP contribution < -0.4 is 0 Å². The van der Waals surface area contributed by atoms with Gasteiger partial charge in [0.2, 0.25) is 11.8 Å². The Morgan fingerprint density at radius 1 is 1.28 bits per heavy atom. The fourth-order valence-corrected chi connectivity index (χ4v) is 5.10. The summed E-state index contributed by atoms with van der Waals surface area (Å²) in [5.41, 5.74) is 0.685. The third kappa shape index (κ3) is 3.03. The summed E-state index contributed by atoms with van der Waals surface area (Å²) in [5.74, 6) is 0.373. The highest BCUT2D eigenvalue weighted by Crippen LogP contribution is 2.39. The standard InChI is InChI=1S/C19H23N3O2S/c1-21-11-4-9-19(18(21)24)10-12-22(13-19)17(23)8-7-16-20-14-5-2-3-6-15(14)25-16/h2-3,5-6H,4,7-13H2,1H3. The highest BCUT2D eigenvalue weighted by atomic mass is 32.1. The van der Waals surface area contributed by atoms with Crippen LogP contribution in [0.5, 0.6) is 0 Å². The smallest absolute Gasteiger partial charge is 0.230 e. The molecule has 0 saturated carbocycles. The predicted octanol–water partition coefficient (Wildman–Crippen LogP) is 2.70. The average Bonchev–Trinajstić information content (AvgIpc) is 3.22. The molecule has 5 nitrogen and oxygen atoms in total. The van der Waals surface area contributed by atoms with Crippen molar-refractivity contribution in [2.75, 3.05) is 26.7 Å². The molecule has 1 atom stereocenters. The molecule has 2 aliphatic rings. The van der Waals surface area contributed by atoms with Gasteiger partial charge in [-0.1, -0.05) is 12.1 Å². The van der Waals surface area contributed by atoms with Gasteiger partial charge in [-0.2, -0.15) is 0 Å². The van der Waals surface area contributed by atoms with Crippen molar-refractivity contribution < 1.29 is 9.59 Å². The summed E-state index contributed by atoms with van der Waals surface area (Å²) in [6.07, 6.45) is 3.91. The Bertz CT molecular complexity index is 785. The fourth-order valence-electron chi connectivity index (χ4n) is 4.13. The fraction of sp³-hybridized carbons (Fsp3) is 0.526. The zero-order valence-corrected chi connectivity index (χ0v) is 15.3. The molecule has 3 heterocycles. The number of piperidine rings is 1. The van der Waals surface area contributed by atoms with Gasteiger partial charge in [-0.05, 0) is 31.4 Å². The van der Waals surface area contributed by atoms with Gasteiger partial charge in [0, 0.05) is 39.5 Å². The summed E-state index contributed by atoms with van der Waals surface area (Å²) < 4.78 is 1.17. The van der Waals surface area contributed by atoms with Crippen LogP contribution in [0.3, 0.4) is 0 Å². The summed E-state index contributed by atoms with van der Waals surface area (Å²) in [6.45, 7) is 2.14. The van der Waals surface area contributed by atoms with E-state index in [-0.39, 0.29) is 17.2 Å². The van der Waals surface area contributed by atoms with Crippen molar-refractivity contribution in [1.29, 1.82) is 0 Å². The van der Waals surface area contributed by atoms with Crippen molar-refractivity contribution in [3.8, 4) is 0 Å². The molecule has 2 aromatic rings. The number of rotatable bonds is 3. The van der Waals surface area contributed by atoms with Crippen LogP contribution in [0.1, 0.15) is 30.7 Å². The molecule has 0 aliphatic carbocycles. The predicted molar refractivity (Wildman–Crippen MR) is 98.4 cm³/mol. The molecule has 4 rings (SSSR count). The number of carbonyl (C=O) groups is 2. The molecule has 2 saturated heterocycles. The van der Waals surface area contributed by atoms with Crippen LogP contribution >= 0.6 is 11.3 Å². The Hall–Kier alpha value is -1.95. The number of amides is 2. The Morgan fingerprint density at radius 3 is 2.96 bits per heavy atom. The minimum absolute atomic E-state index is 0.150. The second-order valence-electron chi connectivity index (χ2n) is 7.25. The Balaban J connectivity index is 1.38. The molecule has 0 radical (unpaired) electrons. The maximum Gasteiger partial charge on any atom is 0.230 e. The van der Waals surface area contributed by atoms with Crippen molar-refractivity contribution in [1.82, 2.24) is 14.8 Å². The average molecular weight is 357 g/mol. The number of hydrogen-bond donors (Lipinski definition) is 0. The Morgan fingerprint density at radius 2 is 2.12 bits per heavy atom. The molecule has 0 bridgehead atoms. The number of aryl methyl sites for hydroxylation is 1. The van der Waals surface area contributed by atoms with E-state index in [4.69, 9.17) is 0 Å². The van der Waals surface area contributed by atoms with Crippen LogP contribution in [0, 0.1) is 5.41 Å². The molecule has 1 unspecified atom stereocenters. The molecular weight excluding hydrogens is 334 g/mol. The van der Waals surface area contributed by atoms with Crippen LogP contribution in [0.4, 0.5) is 0 Å². The van der Waals surface area contributed by atoms with Gasteiger partial charge in [-0.25, -0.2) is 4.98 Å². The van der Waals surface area contributed by atoms with E-state index in [0.717, 1.165) is 36.3 Å². The van der Waals surface area contributed by atoms with Crippen LogP contribution in [0.25, 0.3) is 10.2 Å². The van der Waals surface area contributed by atoms with E-state index in [1.165, 1.54) is 4.70 Å². The molecule has 2 amide bonds. The number of carbonyl (C=O) groups excluding carboxylic acids is 2. The Kier molecular flexibility index (Phi) is 4.23. The van der Waals surface area contributed by atoms with Gasteiger partial charge in [0.1, 0.15) is 0 Å². The first kappa shape index (κ1) is 16.5. The third-order valence-electron chi connectivity index (χ3n) is 5.55. The molecule has 0 N–H and O–H groups in total. The summed E-state index contributed by atoms with van der Waals surface area (Å²) in [4.78, 5) is 33.5. The zero-order valence-electron chi connectivity index (χ0n) is 14.5. The maximum atomic E-state index is 12.6. The number of nitrogens with zero attached hydrogens (tertiary/aromatic N) is 3. The van der Waals surface area contributed by atoms with Gasteiger partial charge in [-0.3, -0.25) is 9.59 Å². The van der Waals surface area contributed by atoms with Gasteiger partial charge in [0.15, 0.2) is 0 Å². The normalized spacial score (nSPS) is 23.8. The van der Waals surface area contributed by atoms with E-state index in [1.54, 1.807) is 11.3 Å². The first-order valence-electron chi connectivity index (χ1n) is 8.95. The van der Waals surface area contributed by atoms with Crippen LogP contribution in [-0.4, -0.2) is 53.3 Å². The topological polar surface area (TPSA) is 53.5 Å². The van der Waals surface area contributed by atoms with E-state index < -0.39 is 0 Å². The lowest BCUT2D eigenvalue weighted by molar-refractivity contribution is -0.144. The molecule has 1 aromatic carbocycles. The zero-order chi connectivity index (χ0) is 17.4. The highest BCUT2D eigenvalue weighted by Gasteiger charge is 2.48. The minimum atomic E-state index is -0.321. The van der Waals surface area contributed by atoms with E-state index in [0.29, 0.717) is 25.9 Å². The number of hydrogen-bond acceptors (Lipinski definition) is 4. The van der Waals surface area contributed by atoms with E-state index >= 15 is 0 Å². The number of aromatic nitrogens is 1.